The van der Waals surface area contributed by atoms with Crippen molar-refractivity contribution in [2.24, 2.45) is 4.99 Å². The molecular weight excluding hydrogens is 419 g/mol. The molecule has 0 saturated heterocycles. The molecule has 3 aromatic rings. The van der Waals surface area contributed by atoms with Gasteiger partial charge in [-0.2, -0.15) is 16.8 Å². The van der Waals surface area contributed by atoms with Gasteiger partial charge in [0.25, 0.3) is 5.91 Å². The molecule has 1 heterocycles. The number of sulfone groups is 1. The van der Waals surface area contributed by atoms with Gasteiger partial charge in [0.05, 0.1) is 20.9 Å². The third kappa shape index (κ3) is 4.37. The molecule has 2 aromatic carbocycles. The van der Waals surface area contributed by atoms with E-state index in [-0.39, 0.29) is 16.5 Å². The Morgan fingerprint density at radius 1 is 1.21 bits per heavy atom. The van der Waals surface area contributed by atoms with Crippen LogP contribution in [0.25, 0.3) is 10.2 Å². The maximum atomic E-state index is 13.6. The Hall–Kier alpha value is -1.97. The summed E-state index contributed by atoms with van der Waals surface area (Å²) in [6.07, 6.45) is 1.99. The van der Waals surface area contributed by atoms with Gasteiger partial charge in [0.15, 0.2) is 14.6 Å². The monoisotopic (exact) mass is 438 g/mol. The molecule has 0 N–H and O–H groups in total. The summed E-state index contributed by atoms with van der Waals surface area (Å²) in [5, 5.41) is 0. The minimum absolute atomic E-state index is 0.00154. The zero-order valence-electron chi connectivity index (χ0n) is 15.4. The molecule has 148 valence electrons. The van der Waals surface area contributed by atoms with Crippen LogP contribution in [0.2, 0.25) is 0 Å². The third-order valence-corrected chi connectivity index (χ3v) is 7.58. The van der Waals surface area contributed by atoms with Gasteiger partial charge in [-0.15, -0.1) is 0 Å². The molecule has 0 unspecified atom stereocenters. The van der Waals surface area contributed by atoms with E-state index < -0.39 is 15.7 Å². The predicted octanol–water partition coefficient (Wildman–Crippen LogP) is 3.74. The molecule has 0 fully saturated rings. The number of thiazole rings is 1. The van der Waals surface area contributed by atoms with Crippen LogP contribution in [0.4, 0.5) is 4.39 Å². The second kappa shape index (κ2) is 8.59. The van der Waals surface area contributed by atoms with E-state index in [1.54, 1.807) is 24.8 Å². The summed E-state index contributed by atoms with van der Waals surface area (Å²) in [5.41, 5.74) is 1.13. The first kappa shape index (κ1) is 20.8. The Morgan fingerprint density at radius 2 is 1.93 bits per heavy atom. The normalized spacial score (nSPS) is 12.6. The summed E-state index contributed by atoms with van der Waals surface area (Å²) in [7, 11) is -3.32. The van der Waals surface area contributed by atoms with Crippen molar-refractivity contribution in [3.63, 3.8) is 0 Å². The fraction of sp³-hybridized carbons (Fsp3) is 0.263. The van der Waals surface area contributed by atoms with Gasteiger partial charge in [-0.25, -0.2) is 12.8 Å². The average Bonchev–Trinajstić information content (AvgIpc) is 3.02. The Balaban J connectivity index is 2.02. The van der Waals surface area contributed by atoms with Crippen LogP contribution in [0.1, 0.15) is 17.3 Å². The summed E-state index contributed by atoms with van der Waals surface area (Å²) >= 11 is 2.92. The number of nitrogens with zero attached hydrogens (tertiary/aromatic N) is 2. The van der Waals surface area contributed by atoms with E-state index in [2.05, 4.69) is 4.99 Å². The second-order valence-electron chi connectivity index (χ2n) is 5.99. The van der Waals surface area contributed by atoms with E-state index in [4.69, 9.17) is 0 Å². The standard InChI is InChI=1S/C19H19FN2O3S3/c1-3-28(24,25)15-7-4-13(5-8-15)18(23)21-19-22(10-11-26-2)16-9-6-14(20)12-17(16)27-19/h4-9,12H,3,10-11H2,1-2H3. The van der Waals surface area contributed by atoms with Gasteiger partial charge < -0.3 is 4.57 Å². The molecule has 0 spiro atoms. The van der Waals surface area contributed by atoms with Crippen molar-refractivity contribution in [3.05, 3.63) is 58.6 Å². The number of hydrogen-bond donors (Lipinski definition) is 0. The molecule has 0 aliphatic rings. The topological polar surface area (TPSA) is 68.5 Å². The van der Waals surface area contributed by atoms with Crippen molar-refractivity contribution >= 4 is 49.1 Å². The average molecular weight is 439 g/mol. The summed E-state index contributed by atoms with van der Waals surface area (Å²) in [5.74, 6) is 0.0221. The number of aromatic nitrogens is 1. The summed E-state index contributed by atoms with van der Waals surface area (Å²) < 4.78 is 40.0. The lowest BCUT2D eigenvalue weighted by Gasteiger charge is -2.04. The van der Waals surface area contributed by atoms with Crippen LogP contribution in [-0.2, 0) is 16.4 Å². The van der Waals surface area contributed by atoms with Crippen molar-refractivity contribution in [1.29, 1.82) is 0 Å². The Morgan fingerprint density at radius 3 is 2.57 bits per heavy atom. The van der Waals surface area contributed by atoms with Crippen LogP contribution < -0.4 is 4.80 Å². The number of thioether (sulfide) groups is 1. The predicted molar refractivity (Wildman–Crippen MR) is 112 cm³/mol. The SMILES string of the molecule is CCS(=O)(=O)c1ccc(C(=O)N=c2sc3cc(F)ccc3n2CCSC)cc1. The lowest BCUT2D eigenvalue weighted by Crippen LogP contribution is -2.18. The van der Waals surface area contributed by atoms with Crippen LogP contribution in [-0.4, -0.2) is 36.7 Å². The highest BCUT2D eigenvalue weighted by molar-refractivity contribution is 7.98. The first-order valence-electron chi connectivity index (χ1n) is 8.55. The number of hydrogen-bond acceptors (Lipinski definition) is 5. The Kier molecular flexibility index (Phi) is 6.36. The highest BCUT2D eigenvalue weighted by Gasteiger charge is 2.13. The van der Waals surface area contributed by atoms with Crippen LogP contribution >= 0.6 is 23.1 Å². The maximum Gasteiger partial charge on any atom is 0.279 e. The van der Waals surface area contributed by atoms with Gasteiger partial charge in [0, 0.05) is 17.9 Å². The number of fused-ring (bicyclic) bond motifs is 1. The lowest BCUT2D eigenvalue weighted by atomic mass is 10.2. The minimum Gasteiger partial charge on any atom is -0.316 e. The molecule has 9 heteroatoms. The number of carbonyl (C=O) groups is 1. The van der Waals surface area contributed by atoms with Gasteiger partial charge >= 0.3 is 0 Å². The summed E-state index contributed by atoms with van der Waals surface area (Å²) in [4.78, 5) is 17.5. The quantitative estimate of drug-likeness (QED) is 0.588. The van der Waals surface area contributed by atoms with Gasteiger partial charge in [0.1, 0.15) is 5.82 Å². The van der Waals surface area contributed by atoms with Crippen molar-refractivity contribution in [2.45, 2.75) is 18.4 Å². The summed E-state index contributed by atoms with van der Waals surface area (Å²) in [6.45, 7) is 2.22. The van der Waals surface area contributed by atoms with Gasteiger partial charge in [-0.1, -0.05) is 18.3 Å². The lowest BCUT2D eigenvalue weighted by molar-refractivity contribution is 0.0997. The number of benzene rings is 2. The van der Waals surface area contributed by atoms with E-state index in [1.165, 1.54) is 47.7 Å². The highest BCUT2D eigenvalue weighted by Crippen LogP contribution is 2.19. The minimum atomic E-state index is -3.32. The number of carbonyl (C=O) groups excluding carboxylic acids is 1. The molecule has 0 aliphatic heterocycles. The molecular formula is C19H19FN2O3S3. The number of halogens is 1. The Labute approximate surface area is 170 Å². The highest BCUT2D eigenvalue weighted by atomic mass is 32.2. The fourth-order valence-electron chi connectivity index (χ4n) is 2.65. The van der Waals surface area contributed by atoms with E-state index in [0.29, 0.717) is 16.9 Å². The molecule has 3 rings (SSSR count). The summed E-state index contributed by atoms with van der Waals surface area (Å²) in [6, 6.07) is 10.3. The van der Waals surface area contributed by atoms with Crippen molar-refractivity contribution in [3.8, 4) is 0 Å². The smallest absolute Gasteiger partial charge is 0.279 e. The van der Waals surface area contributed by atoms with Crippen LogP contribution in [0.3, 0.4) is 0 Å². The van der Waals surface area contributed by atoms with Crippen molar-refractivity contribution in [1.82, 2.24) is 4.57 Å². The number of aryl methyl sites for hydroxylation is 1. The van der Waals surface area contributed by atoms with Crippen LogP contribution in [0.15, 0.2) is 52.4 Å². The molecule has 1 aromatic heterocycles. The van der Waals surface area contributed by atoms with E-state index in [1.807, 2.05) is 10.8 Å². The van der Waals surface area contributed by atoms with E-state index in [0.717, 1.165) is 16.0 Å². The molecule has 0 saturated carbocycles. The van der Waals surface area contributed by atoms with Crippen LogP contribution in [0, 0.1) is 5.82 Å². The van der Waals surface area contributed by atoms with Gasteiger partial charge in [-0.05, 0) is 48.7 Å². The maximum absolute atomic E-state index is 13.6. The van der Waals surface area contributed by atoms with Crippen LogP contribution in [0.5, 0.6) is 0 Å². The molecule has 1 amide bonds. The first-order valence-corrected chi connectivity index (χ1v) is 12.4. The zero-order chi connectivity index (χ0) is 20.3. The van der Waals surface area contributed by atoms with Crippen molar-refractivity contribution < 1.29 is 17.6 Å². The largest absolute Gasteiger partial charge is 0.316 e. The van der Waals surface area contributed by atoms with Gasteiger partial charge in [0.2, 0.25) is 0 Å². The van der Waals surface area contributed by atoms with Gasteiger partial charge in [-0.3, -0.25) is 4.79 Å². The second-order valence-corrected chi connectivity index (χ2v) is 10.3. The van der Waals surface area contributed by atoms with E-state index in [9.17, 15) is 17.6 Å². The van der Waals surface area contributed by atoms with Crippen molar-refractivity contribution in [2.75, 3.05) is 17.8 Å². The third-order valence-electron chi connectivity index (χ3n) is 4.20. The molecule has 5 nitrogen and oxygen atoms in total. The fourth-order valence-corrected chi connectivity index (χ4v) is 4.98. The molecule has 0 bridgehead atoms. The zero-order valence-corrected chi connectivity index (χ0v) is 17.8. The first-order chi connectivity index (χ1) is 13.4. The number of rotatable bonds is 6. The Bertz CT molecular complexity index is 1180. The molecule has 28 heavy (non-hydrogen) atoms. The number of amides is 1. The molecule has 0 radical (unpaired) electrons. The molecule has 0 atom stereocenters. The van der Waals surface area contributed by atoms with E-state index >= 15 is 0 Å². The molecule has 0 aliphatic carbocycles.